The van der Waals surface area contributed by atoms with Crippen LogP contribution in [0.3, 0.4) is 0 Å². The highest BCUT2D eigenvalue weighted by atomic mass is 16.5. The largest absolute Gasteiger partial charge is 0.493 e. The van der Waals surface area contributed by atoms with Crippen molar-refractivity contribution in [3.8, 4) is 11.5 Å². The van der Waals surface area contributed by atoms with Gasteiger partial charge in [-0.05, 0) is 98.1 Å². The Hall–Kier alpha value is -2.52. The molecule has 0 bridgehead atoms. The van der Waals surface area contributed by atoms with Gasteiger partial charge in [-0.3, -0.25) is 14.5 Å². The molecule has 2 atom stereocenters. The van der Waals surface area contributed by atoms with Gasteiger partial charge in [-0.25, -0.2) is 0 Å². The second-order valence-corrected chi connectivity index (χ2v) is 11.5. The van der Waals surface area contributed by atoms with Crippen LogP contribution in [0.5, 0.6) is 11.5 Å². The minimum atomic E-state index is 0.534. The van der Waals surface area contributed by atoms with Crippen LogP contribution >= 0.6 is 0 Å². The number of methoxy groups -OCH3 is 2. The lowest BCUT2D eigenvalue weighted by Crippen LogP contribution is -2.50. The molecule has 244 valence electrons. The standard InChI is InChI=1S/C15H31N3.C12H16O4.C8H12O/c1-12(2)18(4)15-6-5-13(16-11-15)9-10-17(3)14-7-8-14;1-14-6-3-7-16-12-8-10(9-13)4-5-11(12)15-2;1-3-5-6-8(4-2)7-9/h12-16H,5-11H2,1-4H3;4-5,8-9H,3,6-7H2,1-2H3;4-7H,3H2,1-2H3/b;;6-5-,8-4+/t13-,15-;;/m1../s1. The summed E-state index contributed by atoms with van der Waals surface area (Å²) in [5.41, 5.74) is 1.32. The van der Waals surface area contributed by atoms with E-state index >= 15 is 0 Å². The number of nitrogens with one attached hydrogen (secondary N) is 1. The van der Waals surface area contributed by atoms with Crippen molar-refractivity contribution in [2.75, 3.05) is 54.6 Å². The van der Waals surface area contributed by atoms with Crippen molar-refractivity contribution < 1.29 is 23.8 Å². The van der Waals surface area contributed by atoms with Gasteiger partial charge < -0.3 is 24.4 Å². The molecule has 8 nitrogen and oxygen atoms in total. The van der Waals surface area contributed by atoms with Crippen LogP contribution in [-0.4, -0.2) is 101 Å². The molecule has 1 aliphatic heterocycles. The first-order valence-corrected chi connectivity index (χ1v) is 15.9. The van der Waals surface area contributed by atoms with Crippen molar-refractivity contribution in [3.63, 3.8) is 0 Å². The van der Waals surface area contributed by atoms with E-state index in [0.717, 1.165) is 49.1 Å². The van der Waals surface area contributed by atoms with Crippen LogP contribution < -0.4 is 14.8 Å². The summed E-state index contributed by atoms with van der Waals surface area (Å²) in [4.78, 5) is 25.8. The Morgan fingerprint density at radius 2 is 1.77 bits per heavy atom. The summed E-state index contributed by atoms with van der Waals surface area (Å²) in [6, 6.07) is 8.13. The summed E-state index contributed by atoms with van der Waals surface area (Å²) in [5.74, 6) is 1.21. The molecule has 0 amide bonds. The Balaban J connectivity index is 0.000000341. The zero-order chi connectivity index (χ0) is 32.0. The van der Waals surface area contributed by atoms with Gasteiger partial charge >= 0.3 is 0 Å². The van der Waals surface area contributed by atoms with Gasteiger partial charge in [-0.15, -0.1) is 0 Å². The van der Waals surface area contributed by atoms with E-state index in [1.165, 1.54) is 45.2 Å². The Kier molecular flexibility index (Phi) is 20.5. The molecule has 1 aromatic rings. The Bertz CT molecular complexity index is 953. The number of likely N-dealkylation sites (N-methyl/N-ethyl adjacent to an activating group) is 1. The summed E-state index contributed by atoms with van der Waals surface area (Å²) in [6.45, 7) is 12.1. The second-order valence-electron chi connectivity index (χ2n) is 11.5. The number of carbonyl (C=O) groups is 2. The third-order valence-electron chi connectivity index (χ3n) is 7.97. The number of piperidine rings is 1. The predicted molar refractivity (Wildman–Crippen MR) is 178 cm³/mol. The first-order valence-electron chi connectivity index (χ1n) is 15.9. The SMILES string of the molecule is C/C=C(C=O)\C=C/CC.CC(C)N(C)[C@@H]1CC[C@H](CCN(C)C2CC2)NC1.COCCCOc1cc(C=O)ccc1OC. The molecule has 1 aliphatic carbocycles. The van der Waals surface area contributed by atoms with Crippen LogP contribution in [0.15, 0.2) is 42.0 Å². The van der Waals surface area contributed by atoms with Crippen molar-refractivity contribution in [1.29, 1.82) is 0 Å². The number of allylic oxidation sites excluding steroid dienone is 4. The molecule has 3 rings (SSSR count). The number of nitrogens with zero attached hydrogens (tertiary/aromatic N) is 2. The molecule has 1 saturated carbocycles. The second kappa shape index (κ2) is 22.9. The fourth-order valence-electron chi connectivity index (χ4n) is 4.70. The summed E-state index contributed by atoms with van der Waals surface area (Å²) >= 11 is 0. The summed E-state index contributed by atoms with van der Waals surface area (Å²) in [5, 5.41) is 3.75. The van der Waals surface area contributed by atoms with Gasteiger partial charge in [0.15, 0.2) is 11.5 Å². The van der Waals surface area contributed by atoms with Gasteiger partial charge in [-0.2, -0.15) is 0 Å². The van der Waals surface area contributed by atoms with E-state index in [-0.39, 0.29) is 0 Å². The number of hydrogen-bond acceptors (Lipinski definition) is 8. The highest BCUT2D eigenvalue weighted by molar-refractivity contribution is 5.77. The van der Waals surface area contributed by atoms with Crippen molar-refractivity contribution >= 4 is 12.6 Å². The Labute approximate surface area is 261 Å². The average molecular weight is 602 g/mol. The lowest BCUT2D eigenvalue weighted by Gasteiger charge is -2.38. The van der Waals surface area contributed by atoms with Gasteiger partial charge in [0, 0.05) is 62.0 Å². The maximum atomic E-state index is 10.6. The molecule has 1 N–H and O–H groups in total. The fraction of sp³-hybridized carbons (Fsp3) is 0.657. The van der Waals surface area contributed by atoms with Crippen LogP contribution in [-0.2, 0) is 9.53 Å². The van der Waals surface area contributed by atoms with E-state index in [9.17, 15) is 9.59 Å². The highest BCUT2D eigenvalue weighted by Crippen LogP contribution is 2.28. The molecule has 1 aromatic carbocycles. The first-order chi connectivity index (χ1) is 20.7. The van der Waals surface area contributed by atoms with E-state index < -0.39 is 0 Å². The summed E-state index contributed by atoms with van der Waals surface area (Å²) in [6.07, 6.45) is 15.9. The van der Waals surface area contributed by atoms with E-state index in [4.69, 9.17) is 14.2 Å². The van der Waals surface area contributed by atoms with Gasteiger partial charge in [0.25, 0.3) is 0 Å². The van der Waals surface area contributed by atoms with E-state index in [1.54, 1.807) is 38.5 Å². The summed E-state index contributed by atoms with van der Waals surface area (Å²) < 4.78 is 15.6. The van der Waals surface area contributed by atoms with Gasteiger partial charge in [0.2, 0.25) is 0 Å². The van der Waals surface area contributed by atoms with Crippen molar-refractivity contribution in [2.45, 2.75) is 96.8 Å². The highest BCUT2D eigenvalue weighted by Gasteiger charge is 2.28. The van der Waals surface area contributed by atoms with Crippen LogP contribution in [0.2, 0.25) is 0 Å². The normalized spacial score (nSPS) is 18.6. The monoisotopic (exact) mass is 601 g/mol. The quantitative estimate of drug-likeness (QED) is 0.108. The van der Waals surface area contributed by atoms with Crippen LogP contribution in [0, 0.1) is 0 Å². The summed E-state index contributed by atoms with van der Waals surface area (Å²) in [7, 11) is 7.76. The average Bonchev–Trinajstić information content (AvgIpc) is 3.89. The molecule has 8 heteroatoms. The Morgan fingerprint density at radius 1 is 1.05 bits per heavy atom. The minimum Gasteiger partial charge on any atom is -0.493 e. The third kappa shape index (κ3) is 16.2. The number of ether oxygens (including phenoxy) is 3. The molecule has 0 unspecified atom stereocenters. The number of rotatable bonds is 16. The van der Waals surface area contributed by atoms with Crippen LogP contribution in [0.25, 0.3) is 0 Å². The zero-order valence-corrected chi connectivity index (χ0v) is 28.1. The zero-order valence-electron chi connectivity index (χ0n) is 28.1. The van der Waals surface area contributed by atoms with Crippen LogP contribution in [0.1, 0.15) is 83.0 Å². The predicted octanol–water partition coefficient (Wildman–Crippen LogP) is 5.95. The maximum absolute atomic E-state index is 10.6. The molecule has 2 fully saturated rings. The molecule has 1 saturated heterocycles. The van der Waals surface area contributed by atoms with E-state index in [2.05, 4.69) is 43.1 Å². The molecule has 0 aromatic heterocycles. The van der Waals surface area contributed by atoms with Gasteiger partial charge in [0.05, 0.1) is 13.7 Å². The molecular formula is C35H59N3O5. The molecule has 0 radical (unpaired) electrons. The fourth-order valence-corrected chi connectivity index (χ4v) is 4.70. The van der Waals surface area contributed by atoms with Crippen molar-refractivity contribution in [1.82, 2.24) is 15.1 Å². The molecule has 1 heterocycles. The number of benzene rings is 1. The lowest BCUT2D eigenvalue weighted by atomic mass is 9.97. The van der Waals surface area contributed by atoms with Gasteiger partial charge in [-0.1, -0.05) is 25.2 Å². The number of aldehydes is 2. The van der Waals surface area contributed by atoms with Crippen molar-refractivity contribution in [2.24, 2.45) is 0 Å². The molecule has 2 aliphatic rings. The number of hydrogen-bond donors (Lipinski definition) is 1. The number of carbonyl (C=O) groups excluding carboxylic acids is 2. The smallest absolute Gasteiger partial charge is 0.161 e. The van der Waals surface area contributed by atoms with E-state index in [0.29, 0.717) is 36.3 Å². The first kappa shape index (κ1) is 38.5. The maximum Gasteiger partial charge on any atom is 0.161 e. The Morgan fingerprint density at radius 3 is 2.28 bits per heavy atom. The lowest BCUT2D eigenvalue weighted by molar-refractivity contribution is -0.104. The molecule has 0 spiro atoms. The topological polar surface area (TPSA) is 80.3 Å². The van der Waals surface area contributed by atoms with E-state index in [1.807, 2.05) is 26.0 Å². The third-order valence-corrected chi connectivity index (χ3v) is 7.97. The molecule has 43 heavy (non-hydrogen) atoms. The molecular weight excluding hydrogens is 542 g/mol. The van der Waals surface area contributed by atoms with Crippen LogP contribution in [0.4, 0.5) is 0 Å². The minimum absolute atomic E-state index is 0.534. The van der Waals surface area contributed by atoms with Gasteiger partial charge in [0.1, 0.15) is 12.6 Å². The van der Waals surface area contributed by atoms with Crippen molar-refractivity contribution in [3.05, 3.63) is 47.6 Å².